The van der Waals surface area contributed by atoms with E-state index in [1.165, 1.54) is 13.0 Å². The quantitative estimate of drug-likeness (QED) is 0.710. The van der Waals surface area contributed by atoms with Crippen LogP contribution in [0.1, 0.15) is 19.3 Å². The molecule has 2 unspecified atom stereocenters. The second-order valence-corrected chi connectivity index (χ2v) is 5.92. The Morgan fingerprint density at radius 2 is 2.20 bits per heavy atom. The van der Waals surface area contributed by atoms with E-state index in [0.717, 1.165) is 32.5 Å². The van der Waals surface area contributed by atoms with Crippen molar-refractivity contribution >= 4 is 21.8 Å². The number of likely N-dealkylation sites (tertiary alicyclic amines) is 2. The molecule has 0 N–H and O–H groups in total. The number of nitrogens with zero attached hydrogens (tertiary/aromatic N) is 2. The maximum Gasteiger partial charge on any atom is 0.236 e. The van der Waals surface area contributed by atoms with Gasteiger partial charge in [0, 0.05) is 19.6 Å². The van der Waals surface area contributed by atoms with Gasteiger partial charge in [-0.05, 0) is 38.8 Å². The molecule has 15 heavy (non-hydrogen) atoms. The summed E-state index contributed by atoms with van der Waals surface area (Å²) in [5.41, 5.74) is 0. The van der Waals surface area contributed by atoms with Crippen LogP contribution in [0.4, 0.5) is 0 Å². The average Bonchev–Trinajstić information content (AvgIpc) is 2.59. The van der Waals surface area contributed by atoms with Crippen LogP contribution in [0.25, 0.3) is 0 Å². The summed E-state index contributed by atoms with van der Waals surface area (Å²) in [4.78, 5) is 16.3. The standard InChI is InChI=1S/C11H19BrN2O/c1-13-6-4-9(7-13)8-14-5-2-3-10(12)11(14)15/h9-10H,2-8H2,1H3. The molecule has 2 atom stereocenters. The van der Waals surface area contributed by atoms with Crippen molar-refractivity contribution in [2.45, 2.75) is 24.1 Å². The Kier molecular flexibility index (Phi) is 3.67. The summed E-state index contributed by atoms with van der Waals surface area (Å²) in [5.74, 6) is 0.993. The lowest BCUT2D eigenvalue weighted by atomic mass is 10.1. The molecule has 0 aromatic heterocycles. The van der Waals surface area contributed by atoms with Gasteiger partial charge in [0.05, 0.1) is 4.83 Å². The van der Waals surface area contributed by atoms with Gasteiger partial charge < -0.3 is 9.80 Å². The van der Waals surface area contributed by atoms with Crippen LogP contribution in [0.15, 0.2) is 0 Å². The van der Waals surface area contributed by atoms with E-state index in [-0.39, 0.29) is 4.83 Å². The molecule has 86 valence electrons. The molecule has 0 saturated carbocycles. The number of halogens is 1. The molecule has 2 fully saturated rings. The molecule has 0 radical (unpaired) electrons. The first-order chi connectivity index (χ1) is 7.16. The molecule has 0 bridgehead atoms. The predicted octanol–water partition coefficient (Wildman–Crippen LogP) is 1.32. The molecule has 2 aliphatic rings. The minimum Gasteiger partial charge on any atom is -0.341 e. The van der Waals surface area contributed by atoms with Crippen LogP contribution in [0.5, 0.6) is 0 Å². The van der Waals surface area contributed by atoms with Gasteiger partial charge in [0.25, 0.3) is 0 Å². The fourth-order valence-electron chi connectivity index (χ4n) is 2.56. The van der Waals surface area contributed by atoms with E-state index in [0.29, 0.717) is 11.8 Å². The number of rotatable bonds is 2. The number of hydrogen-bond donors (Lipinski definition) is 0. The van der Waals surface area contributed by atoms with Crippen LogP contribution in [-0.2, 0) is 4.79 Å². The minimum atomic E-state index is 0.0744. The second-order valence-electron chi connectivity index (χ2n) is 4.81. The lowest BCUT2D eigenvalue weighted by Crippen LogP contribution is -2.44. The van der Waals surface area contributed by atoms with Gasteiger partial charge >= 0.3 is 0 Å². The fourth-order valence-corrected chi connectivity index (χ4v) is 3.17. The van der Waals surface area contributed by atoms with Gasteiger partial charge in [-0.15, -0.1) is 0 Å². The summed E-state index contributed by atoms with van der Waals surface area (Å²) < 4.78 is 0. The summed E-state index contributed by atoms with van der Waals surface area (Å²) in [6.07, 6.45) is 3.39. The molecule has 3 nitrogen and oxygen atoms in total. The number of carbonyl (C=O) groups is 1. The van der Waals surface area contributed by atoms with E-state index in [4.69, 9.17) is 0 Å². The maximum atomic E-state index is 11.9. The first-order valence-corrected chi connectivity index (χ1v) is 6.70. The number of alkyl halides is 1. The van der Waals surface area contributed by atoms with Crippen LogP contribution in [0.2, 0.25) is 0 Å². The summed E-state index contributed by atoms with van der Waals surface area (Å²) in [5, 5.41) is 0. The molecule has 2 rings (SSSR count). The molecule has 4 heteroatoms. The third kappa shape index (κ3) is 2.72. The Balaban J connectivity index is 1.85. The Hall–Kier alpha value is -0.0900. The van der Waals surface area contributed by atoms with Crippen LogP contribution in [0.3, 0.4) is 0 Å². The molecule has 2 saturated heterocycles. The van der Waals surface area contributed by atoms with Crippen molar-refractivity contribution in [2.75, 3.05) is 33.2 Å². The average molecular weight is 275 g/mol. The van der Waals surface area contributed by atoms with Gasteiger partial charge in [-0.2, -0.15) is 0 Å². The Bertz CT molecular complexity index is 247. The second kappa shape index (κ2) is 4.83. The molecular formula is C11H19BrN2O. The summed E-state index contributed by atoms with van der Waals surface area (Å²) >= 11 is 3.45. The van der Waals surface area contributed by atoms with Crippen molar-refractivity contribution in [3.05, 3.63) is 0 Å². The highest BCUT2D eigenvalue weighted by atomic mass is 79.9. The SMILES string of the molecule is CN1CCC(CN2CCCC(Br)C2=O)C1. The highest BCUT2D eigenvalue weighted by Gasteiger charge is 2.29. The molecule has 2 aliphatic heterocycles. The topological polar surface area (TPSA) is 23.6 Å². The monoisotopic (exact) mass is 274 g/mol. The molecular weight excluding hydrogens is 256 g/mol. The van der Waals surface area contributed by atoms with E-state index >= 15 is 0 Å². The van der Waals surface area contributed by atoms with E-state index in [1.807, 2.05) is 4.90 Å². The Labute approximate surface area is 99.9 Å². The molecule has 1 amide bonds. The normalized spacial score (nSPS) is 33.7. The fraction of sp³-hybridized carbons (Fsp3) is 0.909. The zero-order chi connectivity index (χ0) is 10.8. The summed E-state index contributed by atoms with van der Waals surface area (Å²) in [6, 6.07) is 0. The number of amides is 1. The Morgan fingerprint density at radius 3 is 2.87 bits per heavy atom. The van der Waals surface area contributed by atoms with Gasteiger partial charge in [0.1, 0.15) is 0 Å². The number of piperidine rings is 1. The smallest absolute Gasteiger partial charge is 0.236 e. The van der Waals surface area contributed by atoms with Crippen molar-refractivity contribution < 1.29 is 4.79 Å². The maximum absolute atomic E-state index is 11.9. The summed E-state index contributed by atoms with van der Waals surface area (Å²) in [7, 11) is 2.16. The lowest BCUT2D eigenvalue weighted by Gasteiger charge is -2.31. The third-order valence-corrected chi connectivity index (χ3v) is 4.28. The first-order valence-electron chi connectivity index (χ1n) is 5.78. The van der Waals surface area contributed by atoms with Crippen molar-refractivity contribution in [1.82, 2.24) is 9.80 Å². The van der Waals surface area contributed by atoms with Crippen LogP contribution in [-0.4, -0.2) is 53.8 Å². The van der Waals surface area contributed by atoms with E-state index in [2.05, 4.69) is 27.9 Å². The molecule has 0 spiro atoms. The van der Waals surface area contributed by atoms with Gasteiger partial charge in [-0.1, -0.05) is 15.9 Å². The van der Waals surface area contributed by atoms with Gasteiger partial charge in [0.2, 0.25) is 5.91 Å². The lowest BCUT2D eigenvalue weighted by molar-refractivity contribution is -0.133. The first kappa shape index (κ1) is 11.4. The number of carbonyl (C=O) groups excluding carboxylic acids is 1. The molecule has 0 aromatic rings. The van der Waals surface area contributed by atoms with Crippen molar-refractivity contribution in [3.63, 3.8) is 0 Å². The van der Waals surface area contributed by atoms with E-state index < -0.39 is 0 Å². The number of hydrogen-bond acceptors (Lipinski definition) is 2. The van der Waals surface area contributed by atoms with Crippen molar-refractivity contribution in [3.8, 4) is 0 Å². The molecule has 0 aliphatic carbocycles. The van der Waals surface area contributed by atoms with Crippen molar-refractivity contribution in [2.24, 2.45) is 5.92 Å². The van der Waals surface area contributed by atoms with Crippen LogP contribution >= 0.6 is 15.9 Å². The Morgan fingerprint density at radius 1 is 1.40 bits per heavy atom. The van der Waals surface area contributed by atoms with Crippen molar-refractivity contribution in [1.29, 1.82) is 0 Å². The van der Waals surface area contributed by atoms with Gasteiger partial charge in [-0.3, -0.25) is 4.79 Å². The highest BCUT2D eigenvalue weighted by molar-refractivity contribution is 9.10. The summed E-state index contributed by atoms with van der Waals surface area (Å²) in [6.45, 7) is 4.26. The molecule has 2 heterocycles. The minimum absolute atomic E-state index is 0.0744. The van der Waals surface area contributed by atoms with E-state index in [9.17, 15) is 4.79 Å². The zero-order valence-electron chi connectivity index (χ0n) is 9.29. The highest BCUT2D eigenvalue weighted by Crippen LogP contribution is 2.22. The molecule has 0 aromatic carbocycles. The van der Waals surface area contributed by atoms with Gasteiger partial charge in [0.15, 0.2) is 0 Å². The van der Waals surface area contributed by atoms with E-state index in [1.54, 1.807) is 0 Å². The predicted molar refractivity (Wildman–Crippen MR) is 64.1 cm³/mol. The van der Waals surface area contributed by atoms with Gasteiger partial charge in [-0.25, -0.2) is 0 Å². The van der Waals surface area contributed by atoms with Crippen LogP contribution < -0.4 is 0 Å². The largest absolute Gasteiger partial charge is 0.341 e. The van der Waals surface area contributed by atoms with Crippen LogP contribution in [0, 0.1) is 5.92 Å². The third-order valence-electron chi connectivity index (χ3n) is 3.43. The zero-order valence-corrected chi connectivity index (χ0v) is 10.9.